The Morgan fingerprint density at radius 3 is 2.67 bits per heavy atom. The van der Waals surface area contributed by atoms with E-state index in [0.29, 0.717) is 5.56 Å². The van der Waals surface area contributed by atoms with E-state index in [-0.39, 0.29) is 35.8 Å². The summed E-state index contributed by atoms with van der Waals surface area (Å²) in [6.45, 7) is 3.81. The van der Waals surface area contributed by atoms with Crippen molar-refractivity contribution in [3.63, 3.8) is 0 Å². The molecule has 0 saturated carbocycles. The molecule has 0 spiro atoms. The molecule has 21 heavy (non-hydrogen) atoms. The van der Waals surface area contributed by atoms with Crippen molar-refractivity contribution in [3.8, 4) is 0 Å². The van der Waals surface area contributed by atoms with E-state index >= 15 is 0 Å². The Morgan fingerprint density at radius 1 is 1.52 bits per heavy atom. The van der Waals surface area contributed by atoms with E-state index < -0.39 is 18.0 Å². The lowest BCUT2D eigenvalue weighted by molar-refractivity contribution is -0.123. The molecule has 0 fully saturated rings. The summed E-state index contributed by atoms with van der Waals surface area (Å²) in [5.74, 6) is -0.876. The second kappa shape index (κ2) is 9.20. The highest BCUT2D eigenvalue weighted by atomic mass is 35.5. The van der Waals surface area contributed by atoms with Gasteiger partial charge in [-0.2, -0.15) is 0 Å². The quantitative estimate of drug-likeness (QED) is 0.745. The second-order valence-corrected chi connectivity index (χ2v) is 5.25. The zero-order valence-electron chi connectivity index (χ0n) is 12.0. The molecule has 0 aliphatic heterocycles. The molecule has 0 saturated heterocycles. The predicted molar refractivity (Wildman–Crippen MR) is 84.1 cm³/mol. The standard InChI is InChI=1S/C14H20ClFN2O2.ClH/c1-3-8(2)13(17)14(20)18-7-12(19)9-4-5-10(15)11(16)6-9;/h4-6,8,12-13,19H,3,7,17H2,1-2H3,(H,18,20);1H. The molecule has 3 unspecified atom stereocenters. The summed E-state index contributed by atoms with van der Waals surface area (Å²) in [6.07, 6.45) is -0.214. The number of nitrogens with two attached hydrogens (primary N) is 1. The summed E-state index contributed by atoms with van der Waals surface area (Å²) in [5.41, 5.74) is 6.12. The summed E-state index contributed by atoms with van der Waals surface area (Å²) in [6, 6.07) is 3.40. The molecule has 0 aromatic heterocycles. The van der Waals surface area contributed by atoms with Crippen LogP contribution in [0.3, 0.4) is 0 Å². The molecule has 1 amide bonds. The Labute approximate surface area is 135 Å². The average molecular weight is 339 g/mol. The minimum atomic E-state index is -1.00. The van der Waals surface area contributed by atoms with Crippen molar-refractivity contribution in [2.45, 2.75) is 32.4 Å². The van der Waals surface area contributed by atoms with Crippen LogP contribution in [-0.4, -0.2) is 23.6 Å². The Morgan fingerprint density at radius 2 is 2.14 bits per heavy atom. The van der Waals surface area contributed by atoms with Crippen LogP contribution in [0.5, 0.6) is 0 Å². The summed E-state index contributed by atoms with van der Waals surface area (Å²) in [5, 5.41) is 12.4. The largest absolute Gasteiger partial charge is 0.387 e. The van der Waals surface area contributed by atoms with Crippen LogP contribution >= 0.6 is 24.0 Å². The number of carbonyl (C=O) groups is 1. The lowest BCUT2D eigenvalue weighted by Crippen LogP contribution is -2.45. The fraction of sp³-hybridized carbons (Fsp3) is 0.500. The van der Waals surface area contributed by atoms with Gasteiger partial charge in [-0.15, -0.1) is 12.4 Å². The molecule has 7 heteroatoms. The number of benzene rings is 1. The van der Waals surface area contributed by atoms with E-state index in [1.54, 1.807) is 0 Å². The van der Waals surface area contributed by atoms with Crippen LogP contribution in [0.15, 0.2) is 18.2 Å². The highest BCUT2D eigenvalue weighted by Crippen LogP contribution is 2.20. The van der Waals surface area contributed by atoms with Gasteiger partial charge in [-0.1, -0.05) is 37.9 Å². The first-order valence-corrected chi connectivity index (χ1v) is 6.90. The minimum Gasteiger partial charge on any atom is -0.387 e. The Bertz CT molecular complexity index is 474. The second-order valence-electron chi connectivity index (χ2n) is 4.85. The van der Waals surface area contributed by atoms with Crippen LogP contribution in [0.4, 0.5) is 4.39 Å². The highest BCUT2D eigenvalue weighted by Gasteiger charge is 2.20. The molecule has 0 aliphatic rings. The molecule has 0 heterocycles. The van der Waals surface area contributed by atoms with Gasteiger partial charge < -0.3 is 16.2 Å². The minimum absolute atomic E-state index is 0. The third-order valence-corrected chi connectivity index (χ3v) is 3.66. The number of hydrogen-bond acceptors (Lipinski definition) is 3. The molecule has 1 aromatic rings. The number of carbonyl (C=O) groups excluding carboxylic acids is 1. The Hall–Kier alpha value is -0.880. The van der Waals surface area contributed by atoms with E-state index in [0.717, 1.165) is 12.5 Å². The van der Waals surface area contributed by atoms with Gasteiger partial charge in [0.15, 0.2) is 0 Å². The van der Waals surface area contributed by atoms with Gasteiger partial charge in [-0.05, 0) is 23.6 Å². The smallest absolute Gasteiger partial charge is 0.237 e. The number of rotatable bonds is 6. The van der Waals surface area contributed by atoms with Gasteiger partial charge in [0.05, 0.1) is 17.2 Å². The van der Waals surface area contributed by atoms with Gasteiger partial charge in [-0.3, -0.25) is 4.79 Å². The number of halogens is 3. The summed E-state index contributed by atoms with van der Waals surface area (Å²) in [7, 11) is 0. The molecule has 120 valence electrons. The first-order valence-electron chi connectivity index (χ1n) is 6.53. The van der Waals surface area contributed by atoms with Crippen LogP contribution < -0.4 is 11.1 Å². The van der Waals surface area contributed by atoms with Crippen LogP contribution in [0.1, 0.15) is 31.9 Å². The van der Waals surface area contributed by atoms with Gasteiger partial charge in [0.25, 0.3) is 0 Å². The first kappa shape index (κ1) is 20.1. The zero-order chi connectivity index (χ0) is 15.3. The number of nitrogens with one attached hydrogen (secondary N) is 1. The number of aliphatic hydroxyl groups excluding tert-OH is 1. The maximum Gasteiger partial charge on any atom is 0.237 e. The molecular formula is C14H21Cl2FN2O2. The van der Waals surface area contributed by atoms with Crippen molar-refractivity contribution in [1.29, 1.82) is 0 Å². The zero-order valence-corrected chi connectivity index (χ0v) is 13.5. The topological polar surface area (TPSA) is 75.4 Å². The van der Waals surface area contributed by atoms with Crippen molar-refractivity contribution in [2.75, 3.05) is 6.54 Å². The lowest BCUT2D eigenvalue weighted by Gasteiger charge is -2.19. The van der Waals surface area contributed by atoms with Gasteiger partial charge >= 0.3 is 0 Å². The molecule has 4 nitrogen and oxygen atoms in total. The monoisotopic (exact) mass is 338 g/mol. The fourth-order valence-corrected chi connectivity index (χ4v) is 1.78. The van der Waals surface area contributed by atoms with Crippen molar-refractivity contribution < 1.29 is 14.3 Å². The maximum absolute atomic E-state index is 13.3. The van der Waals surface area contributed by atoms with Gasteiger partial charge in [-0.25, -0.2) is 4.39 Å². The summed E-state index contributed by atoms with van der Waals surface area (Å²) in [4.78, 5) is 11.8. The average Bonchev–Trinajstić information content (AvgIpc) is 2.45. The third-order valence-electron chi connectivity index (χ3n) is 3.36. The van der Waals surface area contributed by atoms with Crippen LogP contribution in [0.25, 0.3) is 0 Å². The van der Waals surface area contributed by atoms with Crippen molar-refractivity contribution in [1.82, 2.24) is 5.32 Å². The number of amides is 1. The van der Waals surface area contributed by atoms with Crippen LogP contribution in [0, 0.1) is 11.7 Å². The predicted octanol–water partition coefficient (Wildman–Crippen LogP) is 2.42. The molecular weight excluding hydrogens is 318 g/mol. The van der Waals surface area contributed by atoms with E-state index in [4.69, 9.17) is 17.3 Å². The van der Waals surface area contributed by atoms with Crippen molar-refractivity contribution >= 4 is 29.9 Å². The van der Waals surface area contributed by atoms with E-state index in [2.05, 4.69) is 5.32 Å². The van der Waals surface area contributed by atoms with Crippen molar-refractivity contribution in [3.05, 3.63) is 34.6 Å². The fourth-order valence-electron chi connectivity index (χ4n) is 1.66. The maximum atomic E-state index is 13.3. The van der Waals surface area contributed by atoms with Gasteiger partial charge in [0.2, 0.25) is 5.91 Å². The molecule has 1 rings (SSSR count). The molecule has 0 aliphatic carbocycles. The Kier molecular flexibility index (Phi) is 8.82. The Balaban J connectivity index is 0.00000400. The molecule has 4 N–H and O–H groups in total. The molecule has 1 aromatic carbocycles. The van der Waals surface area contributed by atoms with Crippen molar-refractivity contribution in [2.24, 2.45) is 11.7 Å². The van der Waals surface area contributed by atoms with Gasteiger partial charge in [0.1, 0.15) is 5.82 Å². The lowest BCUT2D eigenvalue weighted by atomic mass is 9.99. The van der Waals surface area contributed by atoms with E-state index in [9.17, 15) is 14.3 Å². The summed E-state index contributed by atoms with van der Waals surface area (Å²) < 4.78 is 13.3. The summed E-state index contributed by atoms with van der Waals surface area (Å²) >= 11 is 5.56. The SMILES string of the molecule is CCC(C)C(N)C(=O)NCC(O)c1ccc(Cl)c(F)c1.Cl. The van der Waals surface area contributed by atoms with E-state index in [1.807, 2.05) is 13.8 Å². The number of aliphatic hydroxyl groups is 1. The third kappa shape index (κ3) is 5.79. The molecule has 0 bridgehead atoms. The number of hydrogen-bond donors (Lipinski definition) is 3. The molecule has 3 atom stereocenters. The van der Waals surface area contributed by atoms with Gasteiger partial charge in [0, 0.05) is 6.54 Å². The van der Waals surface area contributed by atoms with Crippen LogP contribution in [0.2, 0.25) is 5.02 Å². The highest BCUT2D eigenvalue weighted by molar-refractivity contribution is 6.30. The van der Waals surface area contributed by atoms with E-state index in [1.165, 1.54) is 12.1 Å². The first-order chi connectivity index (χ1) is 9.36. The molecule has 0 radical (unpaired) electrons. The normalized spacial score (nSPS) is 14.8. The van der Waals surface area contributed by atoms with Crippen LogP contribution in [-0.2, 0) is 4.79 Å².